The fraction of sp³-hybridized carbons (Fsp3) is 0.769. The van der Waals surface area contributed by atoms with Crippen LogP contribution in [0.4, 0.5) is 4.79 Å². The Morgan fingerprint density at radius 1 is 1.47 bits per heavy atom. The van der Waals surface area contributed by atoms with Crippen LogP contribution >= 0.6 is 0 Å². The number of nitrogens with one attached hydrogen (secondary N) is 1. The van der Waals surface area contributed by atoms with Crippen molar-refractivity contribution in [3.05, 3.63) is 6.54 Å². The zero-order chi connectivity index (χ0) is 14.3. The first-order valence-corrected chi connectivity index (χ1v) is 6.56. The van der Waals surface area contributed by atoms with E-state index in [1.165, 1.54) is 7.05 Å². The zero-order valence-corrected chi connectivity index (χ0v) is 11.9. The molecule has 1 radical (unpaired) electrons. The van der Waals surface area contributed by atoms with E-state index in [4.69, 9.17) is 9.47 Å². The minimum absolute atomic E-state index is 0.179. The number of likely N-dealkylation sites (tertiary alicyclic amines) is 1. The second-order valence-corrected chi connectivity index (χ2v) is 5.07. The number of ether oxygens (including phenoxy) is 2. The molecule has 0 saturated carbocycles. The highest BCUT2D eigenvalue weighted by molar-refractivity contribution is 5.78. The molecule has 1 heterocycles. The number of carbonyl (C=O) groups excluding carboxylic acids is 2. The van der Waals surface area contributed by atoms with Crippen LogP contribution in [0, 0.1) is 6.54 Å². The molecule has 0 aliphatic carbocycles. The van der Waals surface area contributed by atoms with Crippen molar-refractivity contribution >= 4 is 12.0 Å². The summed E-state index contributed by atoms with van der Waals surface area (Å²) in [6.45, 7) is 7.14. The summed E-state index contributed by atoms with van der Waals surface area (Å²) in [5, 5.41) is 2.36. The van der Waals surface area contributed by atoms with Gasteiger partial charge in [-0.2, -0.15) is 0 Å². The number of hydrogen-bond donors (Lipinski definition) is 1. The van der Waals surface area contributed by atoms with Crippen molar-refractivity contribution < 1.29 is 19.1 Å². The van der Waals surface area contributed by atoms with Crippen LogP contribution in [0.25, 0.3) is 0 Å². The number of rotatable bonds is 7. The smallest absolute Gasteiger partial charge is 0.406 e. The lowest BCUT2D eigenvalue weighted by molar-refractivity contribution is -0.126. The van der Waals surface area contributed by atoms with E-state index in [2.05, 4.69) is 5.32 Å². The minimum Gasteiger partial charge on any atom is -0.447 e. The third-order valence-corrected chi connectivity index (χ3v) is 2.93. The Bertz CT molecular complexity index is 318. The Kier molecular flexibility index (Phi) is 6.08. The van der Waals surface area contributed by atoms with Crippen LogP contribution in [-0.4, -0.2) is 49.3 Å². The highest BCUT2D eigenvalue weighted by atomic mass is 16.6. The van der Waals surface area contributed by atoms with Gasteiger partial charge in [-0.25, -0.2) is 4.79 Å². The number of hydrogen-bond acceptors (Lipinski definition) is 4. The molecule has 0 aromatic carbocycles. The van der Waals surface area contributed by atoms with Gasteiger partial charge in [-0.1, -0.05) is 0 Å². The van der Waals surface area contributed by atoms with Crippen LogP contribution in [0.1, 0.15) is 33.1 Å². The van der Waals surface area contributed by atoms with Gasteiger partial charge >= 0.3 is 6.09 Å². The van der Waals surface area contributed by atoms with Gasteiger partial charge in [-0.3, -0.25) is 4.79 Å². The number of carbonyl (C=O) groups is 2. The lowest BCUT2D eigenvalue weighted by atomic mass is 10.1. The summed E-state index contributed by atoms with van der Waals surface area (Å²) in [7, 11) is 1.51. The molecule has 1 rings (SSSR count). The Morgan fingerprint density at radius 2 is 2.21 bits per heavy atom. The third kappa shape index (κ3) is 5.92. The Hall–Kier alpha value is -1.30. The normalized spacial score (nSPS) is 15.7. The maximum absolute atomic E-state index is 11.4. The Labute approximate surface area is 114 Å². The van der Waals surface area contributed by atoms with Crippen molar-refractivity contribution in [2.45, 2.75) is 38.7 Å². The van der Waals surface area contributed by atoms with E-state index < -0.39 is 6.09 Å². The van der Waals surface area contributed by atoms with E-state index in [9.17, 15) is 9.59 Å². The number of amides is 2. The van der Waals surface area contributed by atoms with E-state index >= 15 is 0 Å². The Morgan fingerprint density at radius 3 is 2.79 bits per heavy atom. The molecule has 0 aromatic heterocycles. The topological polar surface area (TPSA) is 67.9 Å². The van der Waals surface area contributed by atoms with E-state index in [0.717, 1.165) is 13.0 Å². The predicted octanol–water partition coefficient (Wildman–Crippen LogP) is 1.31. The second kappa shape index (κ2) is 7.33. The van der Waals surface area contributed by atoms with Gasteiger partial charge in [-0.15, -0.1) is 0 Å². The maximum Gasteiger partial charge on any atom is 0.406 e. The summed E-state index contributed by atoms with van der Waals surface area (Å²) in [4.78, 5) is 24.0. The molecule has 0 bridgehead atoms. The molecule has 0 unspecified atom stereocenters. The quantitative estimate of drug-likeness (QED) is 0.709. The average molecular weight is 271 g/mol. The summed E-state index contributed by atoms with van der Waals surface area (Å²) >= 11 is 0. The van der Waals surface area contributed by atoms with Gasteiger partial charge in [0.25, 0.3) is 0 Å². The van der Waals surface area contributed by atoms with E-state index in [-0.39, 0.29) is 18.1 Å². The molecular weight excluding hydrogens is 248 g/mol. The molecule has 1 fully saturated rings. The van der Waals surface area contributed by atoms with Gasteiger partial charge in [0.05, 0.1) is 18.8 Å². The molecule has 19 heavy (non-hydrogen) atoms. The van der Waals surface area contributed by atoms with Gasteiger partial charge in [-0.05, 0) is 26.7 Å². The first kappa shape index (κ1) is 15.8. The van der Waals surface area contributed by atoms with Crippen molar-refractivity contribution in [1.29, 1.82) is 0 Å². The van der Waals surface area contributed by atoms with Gasteiger partial charge in [0, 0.05) is 20.0 Å². The SMILES string of the molecule is CNC(=O)OCCOC(C)(C)C[CH]N1CCCC1=O. The molecule has 6 nitrogen and oxygen atoms in total. The van der Waals surface area contributed by atoms with Crippen molar-refractivity contribution in [3.8, 4) is 0 Å². The van der Waals surface area contributed by atoms with Crippen LogP contribution in [0.15, 0.2) is 0 Å². The fourth-order valence-electron chi connectivity index (χ4n) is 1.78. The van der Waals surface area contributed by atoms with E-state index in [0.29, 0.717) is 19.4 Å². The van der Waals surface area contributed by atoms with Gasteiger partial charge in [0.1, 0.15) is 6.61 Å². The average Bonchev–Trinajstić information content (AvgIpc) is 2.77. The minimum atomic E-state index is -0.462. The second-order valence-electron chi connectivity index (χ2n) is 5.07. The first-order valence-electron chi connectivity index (χ1n) is 6.56. The molecule has 1 aliphatic rings. The fourth-order valence-corrected chi connectivity index (χ4v) is 1.78. The molecule has 0 atom stereocenters. The lowest BCUT2D eigenvalue weighted by Crippen LogP contribution is -2.32. The van der Waals surface area contributed by atoms with Crippen LogP contribution in [0.3, 0.4) is 0 Å². The van der Waals surface area contributed by atoms with Crippen LogP contribution in [0.5, 0.6) is 0 Å². The monoisotopic (exact) mass is 271 g/mol. The van der Waals surface area contributed by atoms with Crippen molar-refractivity contribution in [3.63, 3.8) is 0 Å². The van der Waals surface area contributed by atoms with Crippen molar-refractivity contribution in [2.75, 3.05) is 26.8 Å². The van der Waals surface area contributed by atoms with Crippen LogP contribution in [0.2, 0.25) is 0 Å². The maximum atomic E-state index is 11.4. The van der Waals surface area contributed by atoms with Crippen LogP contribution < -0.4 is 5.32 Å². The highest BCUT2D eigenvalue weighted by Crippen LogP contribution is 2.20. The Balaban J connectivity index is 2.16. The molecule has 0 aromatic rings. The number of alkyl carbamates (subject to hydrolysis) is 1. The van der Waals surface area contributed by atoms with Crippen molar-refractivity contribution in [2.24, 2.45) is 0 Å². The molecule has 6 heteroatoms. The molecule has 109 valence electrons. The molecule has 1 saturated heterocycles. The molecule has 1 aliphatic heterocycles. The first-order chi connectivity index (χ1) is 8.94. The third-order valence-electron chi connectivity index (χ3n) is 2.93. The summed E-state index contributed by atoms with van der Waals surface area (Å²) < 4.78 is 10.5. The zero-order valence-electron chi connectivity index (χ0n) is 11.9. The molecular formula is C13H23N2O4. The van der Waals surface area contributed by atoms with Gasteiger partial charge in [0.2, 0.25) is 5.91 Å². The molecule has 0 spiro atoms. The lowest BCUT2D eigenvalue weighted by Gasteiger charge is -2.27. The number of nitrogens with zero attached hydrogens (tertiary/aromatic N) is 1. The molecule has 2 amide bonds. The summed E-state index contributed by atoms with van der Waals surface area (Å²) in [6, 6.07) is 0. The predicted molar refractivity (Wildman–Crippen MR) is 70.3 cm³/mol. The molecule has 1 N–H and O–H groups in total. The van der Waals surface area contributed by atoms with E-state index in [1.54, 1.807) is 4.90 Å². The summed E-state index contributed by atoms with van der Waals surface area (Å²) in [5.74, 6) is 0.179. The standard InChI is InChI=1S/C13H23N2O4/c1-13(2,19-10-9-18-12(17)14-3)6-8-15-7-4-5-11(15)16/h8H,4-7,9-10H2,1-3H3,(H,14,17). The van der Waals surface area contributed by atoms with E-state index in [1.807, 2.05) is 20.4 Å². The van der Waals surface area contributed by atoms with Gasteiger partial charge < -0.3 is 19.7 Å². The summed E-state index contributed by atoms with van der Waals surface area (Å²) in [5.41, 5.74) is -0.380. The highest BCUT2D eigenvalue weighted by Gasteiger charge is 2.25. The van der Waals surface area contributed by atoms with Crippen LogP contribution in [-0.2, 0) is 14.3 Å². The van der Waals surface area contributed by atoms with Crippen molar-refractivity contribution in [1.82, 2.24) is 10.2 Å². The van der Waals surface area contributed by atoms with Gasteiger partial charge in [0.15, 0.2) is 0 Å². The summed E-state index contributed by atoms with van der Waals surface area (Å²) in [6.07, 6.45) is 1.75. The largest absolute Gasteiger partial charge is 0.447 e.